The summed E-state index contributed by atoms with van der Waals surface area (Å²) in [6.45, 7) is 3.16. The van der Waals surface area contributed by atoms with Crippen LogP contribution in [-0.4, -0.2) is 41.6 Å². The molecule has 1 aromatic rings. The molecule has 6 heteroatoms. The van der Waals surface area contributed by atoms with Gasteiger partial charge in [-0.2, -0.15) is 20.5 Å². The van der Waals surface area contributed by atoms with Gasteiger partial charge in [0.2, 0.25) is 0 Å². The number of nitrogens with zero attached hydrogens (tertiary/aromatic N) is 1. The van der Waals surface area contributed by atoms with Crippen molar-refractivity contribution >= 4 is 11.8 Å². The Bertz CT molecular complexity index is 444. The second kappa shape index (κ2) is 7.42. The number of nitrogens with two attached hydrogens (primary N) is 1. The van der Waals surface area contributed by atoms with Gasteiger partial charge in [0.05, 0.1) is 0 Å². The van der Waals surface area contributed by atoms with E-state index in [0.29, 0.717) is 17.8 Å². The number of rotatable bonds is 5. The highest BCUT2D eigenvalue weighted by Crippen LogP contribution is 2.32. The average Bonchev–Trinajstić information content (AvgIpc) is 2.45. The van der Waals surface area contributed by atoms with Crippen molar-refractivity contribution in [3.05, 3.63) is 29.8 Å². The molecule has 2 N–H and O–H groups in total. The molecule has 0 aliphatic carbocycles. The number of hydrogen-bond acceptors (Lipinski definition) is 4. The Morgan fingerprint density at radius 3 is 2.57 bits per heavy atom. The Morgan fingerprint density at radius 1 is 1.33 bits per heavy atom. The zero-order valence-electron chi connectivity index (χ0n) is 12.3. The molecule has 1 aliphatic rings. The molecule has 1 heterocycles. The lowest BCUT2D eigenvalue weighted by Gasteiger charge is -2.42. The minimum absolute atomic E-state index is 0.115. The summed E-state index contributed by atoms with van der Waals surface area (Å²) in [5.41, 5.74) is 7.01. The molecule has 1 aliphatic heterocycles. The second-order valence-electron chi connectivity index (χ2n) is 5.25. The summed E-state index contributed by atoms with van der Waals surface area (Å²) < 4.78 is 28.7. The quantitative estimate of drug-likeness (QED) is 0.906. The van der Waals surface area contributed by atoms with Crippen molar-refractivity contribution in [2.75, 3.05) is 18.8 Å². The molecule has 1 saturated heterocycles. The van der Waals surface area contributed by atoms with Crippen LogP contribution in [0.15, 0.2) is 24.3 Å². The van der Waals surface area contributed by atoms with Crippen LogP contribution in [0.25, 0.3) is 0 Å². The topological polar surface area (TPSA) is 38.5 Å². The lowest BCUT2D eigenvalue weighted by atomic mass is 10.0. The van der Waals surface area contributed by atoms with Crippen LogP contribution in [0.4, 0.5) is 8.78 Å². The lowest BCUT2D eigenvalue weighted by Crippen LogP contribution is -2.48. The van der Waals surface area contributed by atoms with E-state index in [-0.39, 0.29) is 11.8 Å². The molecule has 3 atom stereocenters. The van der Waals surface area contributed by atoms with Gasteiger partial charge < -0.3 is 10.5 Å². The van der Waals surface area contributed by atoms with Crippen LogP contribution in [0.3, 0.4) is 0 Å². The highest BCUT2D eigenvalue weighted by Gasteiger charge is 2.30. The third kappa shape index (κ3) is 4.08. The van der Waals surface area contributed by atoms with Crippen molar-refractivity contribution in [1.29, 1.82) is 0 Å². The molecule has 3 unspecified atom stereocenters. The minimum atomic E-state index is -2.79. The molecule has 0 radical (unpaired) electrons. The predicted octanol–water partition coefficient (Wildman–Crippen LogP) is 3.11. The van der Waals surface area contributed by atoms with Crippen molar-refractivity contribution in [2.24, 2.45) is 5.73 Å². The van der Waals surface area contributed by atoms with Gasteiger partial charge in [-0.1, -0.05) is 19.1 Å². The van der Waals surface area contributed by atoms with Crippen LogP contribution in [0.5, 0.6) is 5.75 Å². The van der Waals surface area contributed by atoms with Crippen LogP contribution in [0, 0.1) is 0 Å². The van der Waals surface area contributed by atoms with Crippen molar-refractivity contribution in [3.8, 4) is 5.75 Å². The van der Waals surface area contributed by atoms with Gasteiger partial charge in [-0.05, 0) is 24.6 Å². The molecule has 1 fully saturated rings. The van der Waals surface area contributed by atoms with Crippen molar-refractivity contribution in [3.63, 3.8) is 0 Å². The Labute approximate surface area is 128 Å². The van der Waals surface area contributed by atoms with E-state index in [0.717, 1.165) is 17.9 Å². The minimum Gasteiger partial charge on any atom is -0.435 e. The van der Waals surface area contributed by atoms with Crippen LogP contribution in [-0.2, 0) is 0 Å². The fourth-order valence-electron chi connectivity index (χ4n) is 2.73. The Balaban J connectivity index is 2.13. The molecule has 0 aromatic heterocycles. The number of halogens is 2. The molecular formula is C15H22F2N2OS. The summed E-state index contributed by atoms with van der Waals surface area (Å²) in [7, 11) is 0. The largest absolute Gasteiger partial charge is 0.435 e. The molecule has 0 spiro atoms. The number of thioether (sulfide) groups is 1. The average molecular weight is 316 g/mol. The third-order valence-corrected chi connectivity index (χ3v) is 5.38. The summed E-state index contributed by atoms with van der Waals surface area (Å²) in [5.74, 6) is 1.27. The summed E-state index contributed by atoms with van der Waals surface area (Å²) in [6.07, 6.45) is 0. The van der Waals surface area contributed by atoms with Crippen molar-refractivity contribution in [1.82, 2.24) is 4.90 Å². The normalized spacial score (nSPS) is 25.0. The summed E-state index contributed by atoms with van der Waals surface area (Å²) >= 11 is 1.98. The first-order chi connectivity index (χ1) is 10.0. The number of alkyl halides is 2. The van der Waals surface area contributed by atoms with Gasteiger partial charge in [-0.15, -0.1) is 0 Å². The van der Waals surface area contributed by atoms with E-state index < -0.39 is 6.61 Å². The maximum Gasteiger partial charge on any atom is 0.387 e. The first-order valence-corrected chi connectivity index (χ1v) is 8.20. The fraction of sp³-hybridized carbons (Fsp3) is 0.600. The zero-order valence-corrected chi connectivity index (χ0v) is 13.2. The van der Waals surface area contributed by atoms with Crippen LogP contribution in [0.2, 0.25) is 0 Å². The molecule has 2 rings (SSSR count). The Morgan fingerprint density at radius 2 is 2.00 bits per heavy atom. The SMILES string of the molecule is CC1SCCN(C(CN)c2ccc(OC(F)F)cc2)C1C. The van der Waals surface area contributed by atoms with Gasteiger partial charge >= 0.3 is 6.61 Å². The van der Waals surface area contributed by atoms with Crippen molar-refractivity contribution < 1.29 is 13.5 Å². The standard InChI is InChI=1S/C15H22F2N2OS/c1-10-11(2)21-8-7-19(10)14(9-18)12-3-5-13(6-4-12)20-15(16)17/h3-6,10-11,14-15H,7-9,18H2,1-2H3. The second-order valence-corrected chi connectivity index (χ2v) is 6.74. The van der Waals surface area contributed by atoms with Crippen molar-refractivity contribution in [2.45, 2.75) is 37.8 Å². The third-order valence-electron chi connectivity index (χ3n) is 4.05. The highest BCUT2D eigenvalue weighted by atomic mass is 32.2. The summed E-state index contributed by atoms with van der Waals surface area (Å²) in [6, 6.07) is 7.37. The van der Waals surface area contributed by atoms with E-state index in [1.165, 1.54) is 0 Å². The highest BCUT2D eigenvalue weighted by molar-refractivity contribution is 8.00. The van der Waals surface area contributed by atoms with Gasteiger partial charge in [0.25, 0.3) is 0 Å². The van der Waals surface area contributed by atoms with Gasteiger partial charge in [0, 0.05) is 36.2 Å². The molecular weight excluding hydrogens is 294 g/mol. The van der Waals surface area contributed by atoms with E-state index in [1.54, 1.807) is 12.1 Å². The van der Waals surface area contributed by atoms with E-state index in [9.17, 15) is 8.78 Å². The van der Waals surface area contributed by atoms with E-state index >= 15 is 0 Å². The smallest absolute Gasteiger partial charge is 0.387 e. The summed E-state index contributed by atoms with van der Waals surface area (Å²) in [5, 5.41) is 0.564. The monoisotopic (exact) mass is 316 g/mol. The van der Waals surface area contributed by atoms with Crippen LogP contribution < -0.4 is 10.5 Å². The molecule has 1 aromatic carbocycles. The van der Waals surface area contributed by atoms with Gasteiger partial charge in [-0.3, -0.25) is 4.90 Å². The Hall–Kier alpha value is -0.850. The van der Waals surface area contributed by atoms with Gasteiger partial charge in [-0.25, -0.2) is 0 Å². The number of ether oxygens (including phenoxy) is 1. The first kappa shape index (κ1) is 16.5. The maximum atomic E-state index is 12.2. The Kier molecular flexibility index (Phi) is 5.84. The first-order valence-electron chi connectivity index (χ1n) is 7.15. The van der Waals surface area contributed by atoms with Gasteiger partial charge in [0.15, 0.2) is 0 Å². The molecule has 21 heavy (non-hydrogen) atoms. The molecule has 0 amide bonds. The number of hydrogen-bond donors (Lipinski definition) is 1. The fourth-order valence-corrected chi connectivity index (χ4v) is 3.85. The molecule has 118 valence electrons. The number of benzene rings is 1. The molecule has 3 nitrogen and oxygen atoms in total. The molecule has 0 saturated carbocycles. The maximum absolute atomic E-state index is 12.2. The molecule has 0 bridgehead atoms. The predicted molar refractivity (Wildman–Crippen MR) is 83.0 cm³/mol. The van der Waals surface area contributed by atoms with Gasteiger partial charge in [0.1, 0.15) is 5.75 Å². The summed E-state index contributed by atoms with van der Waals surface area (Å²) in [4.78, 5) is 2.41. The lowest BCUT2D eigenvalue weighted by molar-refractivity contribution is -0.0498. The van der Waals surface area contributed by atoms with E-state index in [1.807, 2.05) is 23.9 Å². The van der Waals surface area contributed by atoms with Crippen LogP contribution in [0.1, 0.15) is 25.5 Å². The van der Waals surface area contributed by atoms with Crippen LogP contribution >= 0.6 is 11.8 Å². The van der Waals surface area contributed by atoms with E-state index in [2.05, 4.69) is 23.5 Å². The zero-order chi connectivity index (χ0) is 15.4. The van der Waals surface area contributed by atoms with E-state index in [4.69, 9.17) is 5.73 Å².